The molecule has 1 aromatic rings. The predicted octanol–water partition coefficient (Wildman–Crippen LogP) is 0.435. The highest BCUT2D eigenvalue weighted by atomic mass is 32.2. The Balaban J connectivity index is 2.76. The van der Waals surface area contributed by atoms with Gasteiger partial charge >= 0.3 is 0 Å². The number of nitrogens with two attached hydrogens (primary N) is 1. The first-order valence-corrected chi connectivity index (χ1v) is 6.43. The van der Waals surface area contributed by atoms with Crippen molar-refractivity contribution in [2.24, 2.45) is 0 Å². The van der Waals surface area contributed by atoms with Crippen LogP contribution in [0.5, 0.6) is 0 Å². The maximum Gasteiger partial charge on any atom is 0.185 e. The van der Waals surface area contributed by atoms with E-state index < -0.39 is 12.2 Å². The summed E-state index contributed by atoms with van der Waals surface area (Å²) in [6.07, 6.45) is -2.16. The van der Waals surface area contributed by atoms with E-state index in [1.807, 2.05) is 0 Å². The largest absolute Gasteiger partial charge is 0.398 e. The summed E-state index contributed by atoms with van der Waals surface area (Å²) in [6.45, 7) is 1.17. The number of carbonyl (C=O) groups is 1. The predicted molar refractivity (Wildman–Crippen MR) is 70.9 cm³/mol. The molecular formula is C12H17NO4S. The molecule has 5 nitrogen and oxygen atoms in total. The Morgan fingerprint density at radius 3 is 2.67 bits per heavy atom. The lowest BCUT2D eigenvalue weighted by Crippen LogP contribution is -2.21. The van der Waals surface area contributed by atoms with Crippen LogP contribution in [0.2, 0.25) is 0 Å². The number of anilines is 1. The maximum atomic E-state index is 10.8. The molecule has 5 N–H and O–H groups in total. The monoisotopic (exact) mass is 271 g/mol. The molecule has 0 heterocycles. The number of rotatable bonds is 5. The first kappa shape index (κ1) is 15.0. The summed E-state index contributed by atoms with van der Waals surface area (Å²) in [5.41, 5.74) is 7.01. The van der Waals surface area contributed by atoms with Crippen molar-refractivity contribution in [3.8, 4) is 0 Å². The van der Waals surface area contributed by atoms with Gasteiger partial charge in [0.05, 0.1) is 12.7 Å². The van der Waals surface area contributed by atoms with Gasteiger partial charge in [-0.2, -0.15) is 0 Å². The lowest BCUT2D eigenvalue weighted by atomic mass is 10.0. The van der Waals surface area contributed by atoms with E-state index in [4.69, 9.17) is 10.8 Å². The highest BCUT2D eigenvalue weighted by Gasteiger charge is 2.19. The first-order valence-electron chi connectivity index (χ1n) is 5.44. The molecule has 0 spiro atoms. The Morgan fingerprint density at radius 2 is 2.11 bits per heavy atom. The van der Waals surface area contributed by atoms with Gasteiger partial charge in [-0.25, -0.2) is 0 Å². The highest BCUT2D eigenvalue weighted by Crippen LogP contribution is 2.23. The topological polar surface area (TPSA) is 104 Å². The van der Waals surface area contributed by atoms with Crippen LogP contribution in [0.3, 0.4) is 0 Å². The van der Waals surface area contributed by atoms with Crippen molar-refractivity contribution in [3.05, 3.63) is 29.3 Å². The van der Waals surface area contributed by atoms with Gasteiger partial charge in [-0.05, 0) is 17.7 Å². The molecule has 1 rings (SSSR count). The first-order chi connectivity index (χ1) is 8.45. The van der Waals surface area contributed by atoms with Gasteiger partial charge in [0, 0.05) is 23.9 Å². The Kier molecular flexibility index (Phi) is 5.61. The zero-order valence-electron chi connectivity index (χ0n) is 10.0. The molecule has 1 aromatic carbocycles. The summed E-state index contributed by atoms with van der Waals surface area (Å²) in [5, 5.41) is 28.6. The quantitative estimate of drug-likeness (QED) is 0.579. The van der Waals surface area contributed by atoms with Crippen molar-refractivity contribution in [2.45, 2.75) is 25.7 Å². The van der Waals surface area contributed by atoms with Crippen LogP contribution in [0.4, 0.5) is 5.69 Å². The standard InChI is InChI=1S/C12H17NO4S/c1-7(15)18-6-11(16)12(17)8-2-3-10(13)9(4-8)5-14/h2-4,11-12,14,16-17H,5-6,13H2,1H3. The normalized spacial score (nSPS) is 14.2. The van der Waals surface area contributed by atoms with E-state index in [2.05, 4.69) is 0 Å². The minimum absolute atomic E-state index is 0.116. The number of aliphatic hydroxyl groups is 3. The molecule has 0 radical (unpaired) electrons. The second-order valence-electron chi connectivity index (χ2n) is 3.93. The maximum absolute atomic E-state index is 10.8. The van der Waals surface area contributed by atoms with E-state index in [1.54, 1.807) is 18.2 Å². The van der Waals surface area contributed by atoms with Gasteiger partial charge in [0.2, 0.25) is 0 Å². The van der Waals surface area contributed by atoms with Crippen molar-refractivity contribution >= 4 is 22.6 Å². The van der Waals surface area contributed by atoms with E-state index in [1.165, 1.54) is 6.92 Å². The van der Waals surface area contributed by atoms with Crippen LogP contribution in [-0.2, 0) is 11.4 Å². The molecule has 0 saturated carbocycles. The zero-order valence-corrected chi connectivity index (χ0v) is 10.9. The van der Waals surface area contributed by atoms with Crippen LogP contribution in [0.1, 0.15) is 24.2 Å². The molecule has 0 amide bonds. The van der Waals surface area contributed by atoms with Crippen molar-refractivity contribution in [2.75, 3.05) is 11.5 Å². The van der Waals surface area contributed by atoms with E-state index in [-0.39, 0.29) is 17.5 Å². The van der Waals surface area contributed by atoms with Crippen molar-refractivity contribution in [1.82, 2.24) is 0 Å². The summed E-state index contributed by atoms with van der Waals surface area (Å²) in [5.74, 6) is 0.120. The molecule has 0 aliphatic carbocycles. The van der Waals surface area contributed by atoms with Gasteiger partial charge in [-0.1, -0.05) is 17.8 Å². The number of hydrogen-bond donors (Lipinski definition) is 4. The molecule has 0 saturated heterocycles. The Bertz CT molecular complexity index is 425. The Hall–Kier alpha value is -1.08. The number of thioether (sulfide) groups is 1. The van der Waals surface area contributed by atoms with Gasteiger partial charge in [-0.3, -0.25) is 4.79 Å². The number of aliphatic hydroxyl groups excluding tert-OH is 3. The zero-order chi connectivity index (χ0) is 13.7. The van der Waals surface area contributed by atoms with Crippen molar-refractivity contribution in [3.63, 3.8) is 0 Å². The third-order valence-electron chi connectivity index (χ3n) is 2.50. The fraction of sp³-hybridized carbons (Fsp3) is 0.417. The third-order valence-corrected chi connectivity index (χ3v) is 3.42. The lowest BCUT2D eigenvalue weighted by molar-refractivity contribution is -0.109. The minimum atomic E-state index is -1.11. The molecule has 0 bridgehead atoms. The second kappa shape index (κ2) is 6.75. The van der Waals surface area contributed by atoms with Gasteiger partial charge in [0.25, 0.3) is 0 Å². The van der Waals surface area contributed by atoms with E-state index >= 15 is 0 Å². The van der Waals surface area contributed by atoms with E-state index in [9.17, 15) is 15.0 Å². The Labute approximate surface area is 110 Å². The molecule has 0 aliphatic heterocycles. The highest BCUT2D eigenvalue weighted by molar-refractivity contribution is 8.13. The number of benzene rings is 1. The molecule has 18 heavy (non-hydrogen) atoms. The van der Waals surface area contributed by atoms with Gasteiger partial charge in [-0.15, -0.1) is 0 Å². The van der Waals surface area contributed by atoms with E-state index in [0.717, 1.165) is 11.8 Å². The smallest absolute Gasteiger partial charge is 0.185 e. The van der Waals surface area contributed by atoms with Gasteiger partial charge in [0.1, 0.15) is 6.10 Å². The number of hydrogen-bond acceptors (Lipinski definition) is 6. The average molecular weight is 271 g/mol. The van der Waals surface area contributed by atoms with Gasteiger partial charge < -0.3 is 21.1 Å². The summed E-state index contributed by atoms with van der Waals surface area (Å²) in [4.78, 5) is 10.8. The molecule has 0 aliphatic rings. The van der Waals surface area contributed by atoms with Crippen LogP contribution in [0.25, 0.3) is 0 Å². The van der Waals surface area contributed by atoms with Crippen molar-refractivity contribution < 1.29 is 20.1 Å². The minimum Gasteiger partial charge on any atom is -0.398 e. The number of carbonyl (C=O) groups excluding carboxylic acids is 1. The van der Waals surface area contributed by atoms with Crippen LogP contribution < -0.4 is 5.73 Å². The lowest BCUT2D eigenvalue weighted by Gasteiger charge is -2.18. The fourth-order valence-corrected chi connectivity index (χ4v) is 2.05. The summed E-state index contributed by atoms with van der Waals surface area (Å²) in [7, 11) is 0. The van der Waals surface area contributed by atoms with Crippen LogP contribution in [0.15, 0.2) is 18.2 Å². The summed E-state index contributed by atoms with van der Waals surface area (Å²) < 4.78 is 0. The molecule has 2 atom stereocenters. The molecule has 6 heteroatoms. The summed E-state index contributed by atoms with van der Waals surface area (Å²) >= 11 is 0.952. The third kappa shape index (κ3) is 3.99. The van der Waals surface area contributed by atoms with Crippen LogP contribution in [0, 0.1) is 0 Å². The molecule has 0 aromatic heterocycles. The fourth-order valence-electron chi connectivity index (χ4n) is 1.46. The van der Waals surface area contributed by atoms with Gasteiger partial charge in [0.15, 0.2) is 5.12 Å². The number of nitrogen functional groups attached to an aromatic ring is 1. The molecule has 2 unspecified atom stereocenters. The Morgan fingerprint density at radius 1 is 1.44 bits per heavy atom. The average Bonchev–Trinajstić information content (AvgIpc) is 2.35. The molecule has 100 valence electrons. The summed E-state index contributed by atoms with van der Waals surface area (Å²) in [6, 6.07) is 4.69. The second-order valence-corrected chi connectivity index (χ2v) is 5.13. The van der Waals surface area contributed by atoms with Crippen molar-refractivity contribution in [1.29, 1.82) is 0 Å². The SMILES string of the molecule is CC(=O)SCC(O)C(O)c1ccc(N)c(CO)c1. The molecule has 0 fully saturated rings. The van der Waals surface area contributed by atoms with E-state index in [0.29, 0.717) is 16.8 Å². The molecular weight excluding hydrogens is 254 g/mol. The van der Waals surface area contributed by atoms with Crippen LogP contribution in [-0.4, -0.2) is 32.3 Å². The van der Waals surface area contributed by atoms with Crippen LogP contribution >= 0.6 is 11.8 Å².